The van der Waals surface area contributed by atoms with Crippen LogP contribution in [0.5, 0.6) is 11.5 Å². The van der Waals surface area contributed by atoms with E-state index in [-0.39, 0.29) is 0 Å². The van der Waals surface area contributed by atoms with Crippen molar-refractivity contribution in [2.24, 2.45) is 0 Å². The van der Waals surface area contributed by atoms with Crippen LogP contribution in [-0.4, -0.2) is 22.2 Å². The van der Waals surface area contributed by atoms with Crippen molar-refractivity contribution in [3.05, 3.63) is 58.7 Å². The summed E-state index contributed by atoms with van der Waals surface area (Å²) in [5.41, 5.74) is -5.23. The van der Waals surface area contributed by atoms with E-state index in [9.17, 15) is 35.9 Å². The molecule has 0 amide bonds. The first-order valence-electron chi connectivity index (χ1n) is 6.87. The van der Waals surface area contributed by atoms with Crippen LogP contribution in [0.1, 0.15) is 31.8 Å². The van der Waals surface area contributed by atoms with Gasteiger partial charge in [0.25, 0.3) is 0 Å². The second-order valence-electron chi connectivity index (χ2n) is 5.12. The summed E-state index contributed by atoms with van der Waals surface area (Å²) in [6.07, 6.45) is -10.1. The van der Waals surface area contributed by atoms with Crippen molar-refractivity contribution in [2.75, 3.05) is 0 Å². The van der Waals surface area contributed by atoms with Gasteiger partial charge in [0.2, 0.25) is 0 Å². The van der Waals surface area contributed by atoms with E-state index < -0.39 is 58.0 Å². The minimum Gasteiger partial charge on any atom is -0.478 e. The summed E-state index contributed by atoms with van der Waals surface area (Å²) in [6, 6.07) is 3.49. The third-order valence-electron chi connectivity index (χ3n) is 3.29. The van der Waals surface area contributed by atoms with Crippen LogP contribution >= 0.6 is 0 Å². The van der Waals surface area contributed by atoms with Crippen molar-refractivity contribution in [1.29, 1.82) is 0 Å². The Morgan fingerprint density at radius 3 is 1.30 bits per heavy atom. The molecule has 144 valence electrons. The van der Waals surface area contributed by atoms with E-state index in [0.29, 0.717) is 24.3 Å². The van der Waals surface area contributed by atoms with E-state index in [1.54, 1.807) is 0 Å². The average Bonchev–Trinajstić information content (AvgIpc) is 2.52. The zero-order valence-corrected chi connectivity index (χ0v) is 12.9. The fraction of sp³-hybridized carbons (Fsp3) is 0.125. The number of carboxylic acids is 2. The van der Waals surface area contributed by atoms with E-state index in [1.807, 2.05) is 0 Å². The molecule has 0 aliphatic carbocycles. The van der Waals surface area contributed by atoms with Crippen LogP contribution in [0.25, 0.3) is 0 Å². The highest BCUT2D eigenvalue weighted by Gasteiger charge is 2.37. The van der Waals surface area contributed by atoms with E-state index in [1.165, 1.54) is 0 Å². The largest absolute Gasteiger partial charge is 0.478 e. The summed E-state index contributed by atoms with van der Waals surface area (Å²) in [4.78, 5) is 21.7. The molecule has 0 aliphatic heterocycles. The van der Waals surface area contributed by atoms with Crippen LogP contribution in [0.15, 0.2) is 36.4 Å². The average molecular weight is 394 g/mol. The van der Waals surface area contributed by atoms with E-state index in [4.69, 9.17) is 14.9 Å². The van der Waals surface area contributed by atoms with Crippen LogP contribution < -0.4 is 4.74 Å². The molecule has 0 aliphatic rings. The predicted molar refractivity (Wildman–Crippen MR) is 76.9 cm³/mol. The lowest BCUT2D eigenvalue weighted by Crippen LogP contribution is -2.13. The molecular weight excluding hydrogens is 386 g/mol. The van der Waals surface area contributed by atoms with Crippen LogP contribution in [-0.2, 0) is 12.4 Å². The molecule has 2 N–H and O–H groups in total. The number of benzene rings is 2. The van der Waals surface area contributed by atoms with Crippen molar-refractivity contribution < 1.29 is 50.9 Å². The summed E-state index contributed by atoms with van der Waals surface area (Å²) in [6.45, 7) is 0. The molecule has 0 bridgehead atoms. The molecule has 0 heterocycles. The smallest absolute Gasteiger partial charge is 0.417 e. The highest BCUT2D eigenvalue weighted by molar-refractivity contribution is 5.90. The van der Waals surface area contributed by atoms with Crippen molar-refractivity contribution in [1.82, 2.24) is 0 Å². The predicted octanol–water partition coefficient (Wildman–Crippen LogP) is 4.91. The maximum atomic E-state index is 13.0. The van der Waals surface area contributed by atoms with Gasteiger partial charge in [0.15, 0.2) is 0 Å². The van der Waals surface area contributed by atoms with E-state index in [0.717, 1.165) is 12.1 Å². The van der Waals surface area contributed by atoms with E-state index in [2.05, 4.69) is 0 Å². The van der Waals surface area contributed by atoms with Crippen LogP contribution in [0, 0.1) is 0 Å². The Kier molecular flexibility index (Phi) is 5.07. The number of rotatable bonds is 4. The molecule has 0 radical (unpaired) electrons. The Labute approximate surface area is 146 Å². The molecule has 2 aromatic rings. The highest BCUT2D eigenvalue weighted by atomic mass is 19.4. The topological polar surface area (TPSA) is 83.8 Å². The number of hydrogen-bond acceptors (Lipinski definition) is 3. The SMILES string of the molecule is O=C(O)c1ccc(Oc2ccc(C(=O)O)c(C(F)(F)F)c2)cc1C(F)(F)F. The lowest BCUT2D eigenvalue weighted by Gasteiger charge is -2.15. The van der Waals surface area contributed by atoms with Crippen molar-refractivity contribution in [3.8, 4) is 11.5 Å². The maximum absolute atomic E-state index is 13.0. The molecule has 0 atom stereocenters. The monoisotopic (exact) mass is 394 g/mol. The van der Waals surface area contributed by atoms with E-state index >= 15 is 0 Å². The fourth-order valence-corrected chi connectivity index (χ4v) is 2.15. The number of ether oxygens (including phenoxy) is 1. The number of aromatic carboxylic acids is 2. The maximum Gasteiger partial charge on any atom is 0.417 e. The summed E-state index contributed by atoms with van der Waals surface area (Å²) >= 11 is 0. The second kappa shape index (κ2) is 6.82. The van der Waals surface area contributed by atoms with Gasteiger partial charge in [-0.2, -0.15) is 26.3 Å². The van der Waals surface area contributed by atoms with Gasteiger partial charge in [0.05, 0.1) is 22.3 Å². The third kappa shape index (κ3) is 4.49. The highest BCUT2D eigenvalue weighted by Crippen LogP contribution is 2.38. The van der Waals surface area contributed by atoms with Crippen LogP contribution in [0.4, 0.5) is 26.3 Å². The first kappa shape index (κ1) is 20.1. The van der Waals surface area contributed by atoms with Crippen molar-refractivity contribution in [2.45, 2.75) is 12.4 Å². The van der Waals surface area contributed by atoms with Gasteiger partial charge in [-0.25, -0.2) is 9.59 Å². The molecule has 27 heavy (non-hydrogen) atoms. The zero-order valence-electron chi connectivity index (χ0n) is 12.9. The molecule has 0 saturated heterocycles. The van der Waals surface area contributed by atoms with Gasteiger partial charge in [0.1, 0.15) is 11.5 Å². The molecule has 11 heteroatoms. The summed E-state index contributed by atoms with van der Waals surface area (Å²) in [5, 5.41) is 17.6. The standard InChI is InChI=1S/C16H8F6O5/c17-15(18,19)11-5-7(1-3-9(11)13(23)24)27-8-2-4-10(14(25)26)12(6-8)16(20,21)22/h1-6H,(H,23,24)(H,25,26). The molecule has 5 nitrogen and oxygen atoms in total. The fourth-order valence-electron chi connectivity index (χ4n) is 2.15. The third-order valence-corrected chi connectivity index (χ3v) is 3.29. The molecular formula is C16H8F6O5. The van der Waals surface area contributed by atoms with Crippen molar-refractivity contribution in [3.63, 3.8) is 0 Å². The molecule has 2 rings (SSSR count). The molecule has 0 aromatic heterocycles. The van der Waals surface area contributed by atoms with Gasteiger partial charge in [-0.1, -0.05) is 0 Å². The Hall–Kier alpha value is -3.24. The van der Waals surface area contributed by atoms with Gasteiger partial charge >= 0.3 is 24.3 Å². The molecule has 0 fully saturated rings. The molecule has 2 aromatic carbocycles. The number of carbonyl (C=O) groups is 2. The van der Waals surface area contributed by atoms with Crippen LogP contribution in [0.2, 0.25) is 0 Å². The second-order valence-corrected chi connectivity index (χ2v) is 5.12. The minimum atomic E-state index is -5.04. The lowest BCUT2D eigenvalue weighted by molar-refractivity contribution is -0.138. The zero-order chi connectivity index (χ0) is 20.6. The summed E-state index contributed by atoms with van der Waals surface area (Å²) in [5.74, 6) is -4.86. The number of halogens is 6. The number of alkyl halides is 6. The van der Waals surface area contributed by atoms with Gasteiger partial charge in [-0.05, 0) is 36.4 Å². The molecule has 0 saturated carbocycles. The normalized spacial score (nSPS) is 11.9. The Bertz CT molecular complexity index is 828. The van der Waals surface area contributed by atoms with Crippen LogP contribution in [0.3, 0.4) is 0 Å². The molecule has 0 unspecified atom stereocenters. The quantitative estimate of drug-likeness (QED) is 0.720. The number of hydrogen-bond donors (Lipinski definition) is 2. The van der Waals surface area contributed by atoms with Gasteiger partial charge in [0, 0.05) is 0 Å². The summed E-state index contributed by atoms with van der Waals surface area (Å²) in [7, 11) is 0. The van der Waals surface area contributed by atoms with Gasteiger partial charge < -0.3 is 14.9 Å². The van der Waals surface area contributed by atoms with Crippen molar-refractivity contribution >= 4 is 11.9 Å². The Morgan fingerprint density at radius 2 is 1.04 bits per heavy atom. The Morgan fingerprint density at radius 1 is 0.704 bits per heavy atom. The Balaban J connectivity index is 2.49. The molecule has 0 spiro atoms. The first-order chi connectivity index (χ1) is 12.3. The lowest BCUT2D eigenvalue weighted by atomic mass is 10.1. The first-order valence-corrected chi connectivity index (χ1v) is 6.87. The number of carboxylic acid groups (broad SMARTS) is 2. The van der Waals surface area contributed by atoms with Gasteiger partial charge in [-0.3, -0.25) is 0 Å². The summed E-state index contributed by atoms with van der Waals surface area (Å²) < 4.78 is 82.7. The van der Waals surface area contributed by atoms with Gasteiger partial charge in [-0.15, -0.1) is 0 Å². The minimum absolute atomic E-state index is 0.321.